The van der Waals surface area contributed by atoms with Gasteiger partial charge in [-0.05, 0) is 32.2 Å². The van der Waals surface area contributed by atoms with Gasteiger partial charge in [-0.25, -0.2) is 4.98 Å². The van der Waals surface area contributed by atoms with Gasteiger partial charge in [0.25, 0.3) is 5.91 Å². The lowest BCUT2D eigenvalue weighted by atomic mass is 9.93. The fraction of sp³-hybridized carbons (Fsp3) is 0.667. The zero-order chi connectivity index (χ0) is 11.8. The first-order chi connectivity index (χ1) is 8.24. The Kier molecular flexibility index (Phi) is 2.88. The van der Waals surface area contributed by atoms with E-state index in [-0.39, 0.29) is 5.91 Å². The van der Waals surface area contributed by atoms with Crippen LogP contribution < -0.4 is 5.32 Å². The minimum absolute atomic E-state index is 0.168. The summed E-state index contributed by atoms with van der Waals surface area (Å²) in [5.41, 5.74) is 0. The van der Waals surface area contributed by atoms with E-state index in [1.807, 2.05) is 11.8 Å². The molecule has 1 aromatic heterocycles. The Labute approximate surface area is 105 Å². The van der Waals surface area contributed by atoms with Gasteiger partial charge in [-0.1, -0.05) is 0 Å². The zero-order valence-corrected chi connectivity index (χ0v) is 10.8. The number of carbonyl (C=O) groups excluding carboxylic acids is 1. The van der Waals surface area contributed by atoms with Crippen LogP contribution in [0.4, 0.5) is 0 Å². The van der Waals surface area contributed by atoms with Gasteiger partial charge in [0.15, 0.2) is 0 Å². The molecule has 2 aliphatic heterocycles. The third kappa shape index (κ3) is 2.09. The van der Waals surface area contributed by atoms with Crippen LogP contribution in [0.3, 0.4) is 0 Å². The molecule has 3 heterocycles. The molecule has 0 radical (unpaired) electrons. The molecule has 1 aromatic rings. The van der Waals surface area contributed by atoms with E-state index in [4.69, 9.17) is 0 Å². The maximum atomic E-state index is 12.3. The number of carbonyl (C=O) groups is 1. The minimum atomic E-state index is 0.168. The van der Waals surface area contributed by atoms with Crippen molar-refractivity contribution in [3.63, 3.8) is 0 Å². The summed E-state index contributed by atoms with van der Waals surface area (Å²) < 4.78 is 0. The van der Waals surface area contributed by atoms with Crippen LogP contribution in [0, 0.1) is 12.8 Å². The van der Waals surface area contributed by atoms with Crippen LogP contribution >= 0.6 is 11.3 Å². The molecule has 5 heteroatoms. The summed E-state index contributed by atoms with van der Waals surface area (Å²) in [5.74, 6) is 0.822. The number of fused-ring (bicyclic) bond motifs is 1. The van der Waals surface area contributed by atoms with Gasteiger partial charge in [0, 0.05) is 19.1 Å². The average molecular weight is 251 g/mol. The van der Waals surface area contributed by atoms with Crippen LogP contribution in [-0.2, 0) is 0 Å². The van der Waals surface area contributed by atoms with E-state index in [2.05, 4.69) is 10.3 Å². The number of thiazole rings is 1. The average Bonchev–Trinajstić information content (AvgIpc) is 2.95. The van der Waals surface area contributed by atoms with E-state index in [0.29, 0.717) is 12.0 Å². The fourth-order valence-corrected chi connectivity index (χ4v) is 3.59. The standard InChI is InChI=1S/C12H17N3OS/c1-8-14-6-11(17-8)12(16)15-5-3-10-9(7-15)2-4-13-10/h6,9-10,13H,2-5,7H2,1H3. The van der Waals surface area contributed by atoms with Crippen LogP contribution in [0.1, 0.15) is 27.5 Å². The maximum absolute atomic E-state index is 12.3. The lowest BCUT2D eigenvalue weighted by Crippen LogP contribution is -2.46. The van der Waals surface area contributed by atoms with Gasteiger partial charge < -0.3 is 10.2 Å². The lowest BCUT2D eigenvalue weighted by molar-refractivity contribution is 0.0666. The van der Waals surface area contributed by atoms with E-state index in [0.717, 1.165) is 35.9 Å². The van der Waals surface area contributed by atoms with Crippen molar-refractivity contribution in [3.8, 4) is 0 Å². The van der Waals surface area contributed by atoms with Gasteiger partial charge in [0.05, 0.1) is 11.2 Å². The van der Waals surface area contributed by atoms with Crippen molar-refractivity contribution >= 4 is 17.2 Å². The number of amides is 1. The first-order valence-corrected chi connectivity index (χ1v) is 7.01. The van der Waals surface area contributed by atoms with E-state index in [1.54, 1.807) is 6.20 Å². The first-order valence-electron chi connectivity index (χ1n) is 6.19. The van der Waals surface area contributed by atoms with Gasteiger partial charge in [-0.3, -0.25) is 4.79 Å². The highest BCUT2D eigenvalue weighted by Gasteiger charge is 2.34. The molecule has 0 aromatic carbocycles. The van der Waals surface area contributed by atoms with Crippen molar-refractivity contribution in [2.75, 3.05) is 19.6 Å². The molecule has 2 fully saturated rings. The third-order valence-electron chi connectivity index (χ3n) is 3.77. The number of likely N-dealkylation sites (tertiary alicyclic amines) is 1. The molecule has 0 bridgehead atoms. The highest BCUT2D eigenvalue weighted by molar-refractivity contribution is 7.13. The lowest BCUT2D eigenvalue weighted by Gasteiger charge is -2.34. The topological polar surface area (TPSA) is 45.2 Å². The molecule has 92 valence electrons. The van der Waals surface area contributed by atoms with Crippen LogP contribution in [0.25, 0.3) is 0 Å². The number of nitrogens with one attached hydrogen (secondary N) is 1. The van der Waals surface area contributed by atoms with Gasteiger partial charge >= 0.3 is 0 Å². The second kappa shape index (κ2) is 4.38. The predicted octanol–water partition coefficient (Wildman–Crippen LogP) is 1.28. The van der Waals surface area contributed by atoms with Crippen LogP contribution in [-0.4, -0.2) is 41.5 Å². The van der Waals surface area contributed by atoms with E-state index in [1.165, 1.54) is 17.8 Å². The molecule has 1 amide bonds. The second-order valence-electron chi connectivity index (χ2n) is 4.89. The quantitative estimate of drug-likeness (QED) is 0.817. The summed E-state index contributed by atoms with van der Waals surface area (Å²) in [6.45, 7) is 4.84. The predicted molar refractivity (Wildman–Crippen MR) is 67.3 cm³/mol. The van der Waals surface area contributed by atoms with Crippen LogP contribution in [0.15, 0.2) is 6.20 Å². The molecule has 2 unspecified atom stereocenters. The highest BCUT2D eigenvalue weighted by Crippen LogP contribution is 2.26. The molecule has 0 aliphatic carbocycles. The van der Waals surface area contributed by atoms with Crippen molar-refractivity contribution in [2.45, 2.75) is 25.8 Å². The molecule has 3 rings (SSSR count). The Hall–Kier alpha value is -0.940. The van der Waals surface area contributed by atoms with E-state index in [9.17, 15) is 4.79 Å². The smallest absolute Gasteiger partial charge is 0.265 e. The molecule has 2 aliphatic rings. The Balaban J connectivity index is 1.70. The number of rotatable bonds is 1. The highest BCUT2D eigenvalue weighted by atomic mass is 32.1. The molecular weight excluding hydrogens is 234 g/mol. The molecule has 1 N–H and O–H groups in total. The Morgan fingerprint density at radius 3 is 3.24 bits per heavy atom. The summed E-state index contributed by atoms with van der Waals surface area (Å²) in [4.78, 5) is 19.2. The first kappa shape index (κ1) is 11.2. The zero-order valence-electron chi connectivity index (χ0n) is 9.98. The van der Waals surface area contributed by atoms with Gasteiger partial charge in [0.2, 0.25) is 0 Å². The SMILES string of the molecule is Cc1ncc(C(=O)N2CCC3NCCC3C2)s1. The Bertz CT molecular complexity index is 431. The van der Waals surface area contributed by atoms with E-state index >= 15 is 0 Å². The molecule has 4 nitrogen and oxygen atoms in total. The summed E-state index contributed by atoms with van der Waals surface area (Å²) in [5, 5.41) is 4.48. The van der Waals surface area contributed by atoms with Crippen molar-refractivity contribution in [3.05, 3.63) is 16.1 Å². The Morgan fingerprint density at radius 1 is 1.59 bits per heavy atom. The molecule has 2 saturated heterocycles. The third-order valence-corrected chi connectivity index (χ3v) is 4.68. The number of nitrogens with zero attached hydrogens (tertiary/aromatic N) is 2. The number of piperidine rings is 1. The van der Waals surface area contributed by atoms with Crippen molar-refractivity contribution in [1.29, 1.82) is 0 Å². The van der Waals surface area contributed by atoms with E-state index < -0.39 is 0 Å². The number of aromatic nitrogens is 1. The van der Waals surface area contributed by atoms with Crippen molar-refractivity contribution in [2.24, 2.45) is 5.92 Å². The summed E-state index contributed by atoms with van der Waals surface area (Å²) in [6, 6.07) is 0.641. The Morgan fingerprint density at radius 2 is 2.47 bits per heavy atom. The minimum Gasteiger partial charge on any atom is -0.338 e. The normalized spacial score (nSPS) is 28.2. The molecule has 2 atom stereocenters. The van der Waals surface area contributed by atoms with Gasteiger partial charge in [0.1, 0.15) is 4.88 Å². The number of hydrogen-bond acceptors (Lipinski definition) is 4. The summed E-state index contributed by atoms with van der Waals surface area (Å²) in [6.07, 6.45) is 4.01. The van der Waals surface area contributed by atoms with Crippen LogP contribution in [0.5, 0.6) is 0 Å². The molecule has 0 spiro atoms. The molecule has 17 heavy (non-hydrogen) atoms. The van der Waals surface area contributed by atoms with Gasteiger partial charge in [-0.2, -0.15) is 0 Å². The molecular formula is C12H17N3OS. The summed E-state index contributed by atoms with van der Waals surface area (Å²) >= 11 is 1.50. The second-order valence-corrected chi connectivity index (χ2v) is 6.13. The summed E-state index contributed by atoms with van der Waals surface area (Å²) in [7, 11) is 0. The van der Waals surface area contributed by atoms with Crippen LogP contribution in [0.2, 0.25) is 0 Å². The molecule has 0 saturated carbocycles. The maximum Gasteiger partial charge on any atom is 0.265 e. The fourth-order valence-electron chi connectivity index (χ4n) is 2.85. The van der Waals surface area contributed by atoms with Gasteiger partial charge in [-0.15, -0.1) is 11.3 Å². The van der Waals surface area contributed by atoms with Crippen molar-refractivity contribution < 1.29 is 4.79 Å². The number of hydrogen-bond donors (Lipinski definition) is 1. The number of aryl methyl sites for hydroxylation is 1. The van der Waals surface area contributed by atoms with Crippen molar-refractivity contribution in [1.82, 2.24) is 15.2 Å². The largest absolute Gasteiger partial charge is 0.338 e. The monoisotopic (exact) mass is 251 g/mol.